The van der Waals surface area contributed by atoms with Crippen LogP contribution in [0.25, 0.3) is 0 Å². The highest BCUT2D eigenvalue weighted by Crippen LogP contribution is 2.13. The summed E-state index contributed by atoms with van der Waals surface area (Å²) in [6.45, 7) is 1.17. The zero-order valence-electron chi connectivity index (χ0n) is 10.2. The molecule has 0 spiro atoms. The van der Waals surface area contributed by atoms with Gasteiger partial charge in [0.2, 0.25) is 5.88 Å². The van der Waals surface area contributed by atoms with Crippen LogP contribution in [0.5, 0.6) is 5.88 Å². The second-order valence-electron chi connectivity index (χ2n) is 3.80. The predicted molar refractivity (Wildman–Crippen MR) is 66.0 cm³/mol. The molecule has 0 radical (unpaired) electrons. The Balaban J connectivity index is 1.88. The second kappa shape index (κ2) is 6.18. The summed E-state index contributed by atoms with van der Waals surface area (Å²) in [6, 6.07) is 7.44. The number of hydrogen-bond acceptors (Lipinski definition) is 5. The minimum Gasteiger partial charge on any atom is -0.481 e. The minimum absolute atomic E-state index is 0.0730. The van der Waals surface area contributed by atoms with Crippen molar-refractivity contribution in [3.05, 3.63) is 47.5 Å². The molecule has 96 valence electrons. The lowest BCUT2D eigenvalue weighted by Gasteiger charge is -2.07. The highest BCUT2D eigenvalue weighted by molar-refractivity contribution is 5.25. The van der Waals surface area contributed by atoms with E-state index < -0.39 is 0 Å². The van der Waals surface area contributed by atoms with E-state index in [1.54, 1.807) is 19.4 Å². The molecule has 0 saturated heterocycles. The summed E-state index contributed by atoms with van der Waals surface area (Å²) >= 11 is 0. The van der Waals surface area contributed by atoms with Crippen LogP contribution >= 0.6 is 0 Å². The summed E-state index contributed by atoms with van der Waals surface area (Å²) in [4.78, 5) is 4.12. The molecular formula is C13H16N2O3. The van der Waals surface area contributed by atoms with Crippen molar-refractivity contribution in [3.63, 3.8) is 0 Å². The number of hydrogen-bond donors (Lipinski definition) is 2. The maximum Gasteiger partial charge on any atom is 0.217 e. The van der Waals surface area contributed by atoms with E-state index in [9.17, 15) is 0 Å². The van der Waals surface area contributed by atoms with E-state index in [1.807, 2.05) is 18.2 Å². The van der Waals surface area contributed by atoms with Gasteiger partial charge in [0.1, 0.15) is 18.1 Å². The van der Waals surface area contributed by atoms with Gasteiger partial charge in [-0.1, -0.05) is 6.07 Å². The molecule has 2 heterocycles. The third-order valence-electron chi connectivity index (χ3n) is 2.53. The van der Waals surface area contributed by atoms with Crippen LogP contribution in [0.3, 0.4) is 0 Å². The molecular weight excluding hydrogens is 232 g/mol. The standard InChI is InChI=1S/C13H16N2O3/c1-17-13-10(3-2-6-15-13)7-14-8-11-4-5-12(9-16)18-11/h2-6,14,16H,7-9H2,1H3. The fraction of sp³-hybridized carbons (Fsp3) is 0.308. The van der Waals surface area contributed by atoms with Crippen molar-refractivity contribution in [2.24, 2.45) is 0 Å². The molecule has 18 heavy (non-hydrogen) atoms. The Morgan fingerprint density at radius 1 is 1.28 bits per heavy atom. The maximum atomic E-state index is 8.88. The molecule has 0 unspecified atom stereocenters. The Labute approximate surface area is 105 Å². The topological polar surface area (TPSA) is 67.5 Å². The number of nitrogens with zero attached hydrogens (tertiary/aromatic N) is 1. The monoisotopic (exact) mass is 248 g/mol. The van der Waals surface area contributed by atoms with Gasteiger partial charge in [0.05, 0.1) is 13.7 Å². The quantitative estimate of drug-likeness (QED) is 0.810. The Bertz CT molecular complexity index is 496. The Morgan fingerprint density at radius 2 is 2.11 bits per heavy atom. The first kappa shape index (κ1) is 12.6. The van der Waals surface area contributed by atoms with Gasteiger partial charge in [-0.3, -0.25) is 0 Å². The molecule has 0 bridgehead atoms. The smallest absolute Gasteiger partial charge is 0.217 e. The van der Waals surface area contributed by atoms with Gasteiger partial charge in [-0.2, -0.15) is 0 Å². The van der Waals surface area contributed by atoms with Crippen LogP contribution < -0.4 is 10.1 Å². The summed E-state index contributed by atoms with van der Waals surface area (Å²) in [5, 5.41) is 12.1. The highest BCUT2D eigenvalue weighted by Gasteiger charge is 2.04. The van der Waals surface area contributed by atoms with Crippen molar-refractivity contribution < 1.29 is 14.3 Å². The lowest BCUT2D eigenvalue weighted by atomic mass is 10.2. The van der Waals surface area contributed by atoms with Crippen molar-refractivity contribution in [2.75, 3.05) is 7.11 Å². The number of nitrogens with one attached hydrogen (secondary N) is 1. The van der Waals surface area contributed by atoms with Gasteiger partial charge in [0.15, 0.2) is 0 Å². The van der Waals surface area contributed by atoms with Crippen molar-refractivity contribution in [3.8, 4) is 5.88 Å². The predicted octanol–water partition coefficient (Wildman–Crippen LogP) is 1.47. The molecule has 5 nitrogen and oxygen atoms in total. The van der Waals surface area contributed by atoms with E-state index in [1.165, 1.54) is 0 Å². The Hall–Kier alpha value is -1.85. The lowest BCUT2D eigenvalue weighted by Crippen LogP contribution is -2.13. The number of furan rings is 1. The van der Waals surface area contributed by atoms with Crippen LogP contribution in [0.2, 0.25) is 0 Å². The van der Waals surface area contributed by atoms with Crippen LogP contribution in [0, 0.1) is 0 Å². The number of methoxy groups -OCH3 is 1. The molecule has 5 heteroatoms. The number of ether oxygens (including phenoxy) is 1. The van der Waals surface area contributed by atoms with Gasteiger partial charge in [0.25, 0.3) is 0 Å². The molecule has 0 aliphatic heterocycles. The molecule has 0 aromatic carbocycles. The molecule has 0 fully saturated rings. The summed E-state index contributed by atoms with van der Waals surface area (Å²) in [5.74, 6) is 1.99. The average Bonchev–Trinajstić information content (AvgIpc) is 2.87. The molecule has 0 amide bonds. The van der Waals surface area contributed by atoms with Gasteiger partial charge in [-0.25, -0.2) is 4.98 Å². The normalized spacial score (nSPS) is 10.6. The first-order valence-electron chi connectivity index (χ1n) is 5.70. The van der Waals surface area contributed by atoms with Gasteiger partial charge < -0.3 is 19.6 Å². The van der Waals surface area contributed by atoms with Crippen LogP contribution in [0.4, 0.5) is 0 Å². The van der Waals surface area contributed by atoms with Crippen molar-refractivity contribution in [1.29, 1.82) is 0 Å². The number of rotatable bonds is 6. The minimum atomic E-state index is -0.0730. The maximum absolute atomic E-state index is 8.88. The lowest BCUT2D eigenvalue weighted by molar-refractivity contribution is 0.242. The Kier molecular flexibility index (Phi) is 4.33. The first-order chi connectivity index (χ1) is 8.83. The number of aliphatic hydroxyl groups excluding tert-OH is 1. The summed E-state index contributed by atoms with van der Waals surface area (Å²) in [5.41, 5.74) is 0.994. The van der Waals surface area contributed by atoms with Crippen molar-refractivity contribution >= 4 is 0 Å². The van der Waals surface area contributed by atoms with Crippen molar-refractivity contribution in [2.45, 2.75) is 19.7 Å². The largest absolute Gasteiger partial charge is 0.481 e. The highest BCUT2D eigenvalue weighted by atomic mass is 16.5. The van der Waals surface area contributed by atoms with Gasteiger partial charge in [-0.15, -0.1) is 0 Å². The number of pyridine rings is 1. The van der Waals surface area contributed by atoms with Gasteiger partial charge in [0, 0.05) is 18.3 Å². The van der Waals surface area contributed by atoms with E-state index in [2.05, 4.69) is 10.3 Å². The molecule has 0 aliphatic carbocycles. The zero-order valence-corrected chi connectivity index (χ0v) is 10.2. The molecule has 2 aromatic rings. The molecule has 2 N–H and O–H groups in total. The fourth-order valence-electron chi connectivity index (χ4n) is 1.67. The van der Waals surface area contributed by atoms with E-state index >= 15 is 0 Å². The zero-order chi connectivity index (χ0) is 12.8. The van der Waals surface area contributed by atoms with E-state index in [-0.39, 0.29) is 6.61 Å². The van der Waals surface area contributed by atoms with Crippen molar-refractivity contribution in [1.82, 2.24) is 10.3 Å². The first-order valence-corrected chi connectivity index (χ1v) is 5.70. The molecule has 0 saturated carbocycles. The van der Waals surface area contributed by atoms with Gasteiger partial charge >= 0.3 is 0 Å². The number of aliphatic hydroxyl groups is 1. The third kappa shape index (κ3) is 3.09. The molecule has 0 atom stereocenters. The van der Waals surface area contributed by atoms with Gasteiger partial charge in [-0.05, 0) is 18.2 Å². The van der Waals surface area contributed by atoms with Crippen LogP contribution in [-0.2, 0) is 19.7 Å². The third-order valence-corrected chi connectivity index (χ3v) is 2.53. The summed E-state index contributed by atoms with van der Waals surface area (Å²) in [7, 11) is 1.60. The second-order valence-corrected chi connectivity index (χ2v) is 3.80. The van der Waals surface area contributed by atoms with Crippen LogP contribution in [0.15, 0.2) is 34.9 Å². The molecule has 2 aromatic heterocycles. The van der Waals surface area contributed by atoms with E-state index in [0.29, 0.717) is 24.7 Å². The van der Waals surface area contributed by atoms with E-state index in [4.69, 9.17) is 14.3 Å². The van der Waals surface area contributed by atoms with Crippen LogP contribution in [0.1, 0.15) is 17.1 Å². The Morgan fingerprint density at radius 3 is 2.83 bits per heavy atom. The summed E-state index contributed by atoms with van der Waals surface area (Å²) in [6.07, 6.45) is 1.70. The van der Waals surface area contributed by atoms with E-state index in [0.717, 1.165) is 11.3 Å². The fourth-order valence-corrected chi connectivity index (χ4v) is 1.67. The average molecular weight is 248 g/mol. The number of aromatic nitrogens is 1. The summed E-state index contributed by atoms with van der Waals surface area (Å²) < 4.78 is 10.5. The SMILES string of the molecule is COc1ncccc1CNCc1ccc(CO)o1. The molecule has 2 rings (SSSR count). The molecule has 0 aliphatic rings. The van der Waals surface area contributed by atoms with Crippen LogP contribution in [-0.4, -0.2) is 17.2 Å².